The molecule has 3 N–H and O–H groups in total. The van der Waals surface area contributed by atoms with Crippen LogP contribution in [0.5, 0.6) is 0 Å². The van der Waals surface area contributed by atoms with E-state index in [9.17, 15) is 24.3 Å². The van der Waals surface area contributed by atoms with Gasteiger partial charge in [0.25, 0.3) is 0 Å². The van der Waals surface area contributed by atoms with Crippen molar-refractivity contribution in [1.82, 2.24) is 15.5 Å². The minimum absolute atomic E-state index is 0.00734. The summed E-state index contributed by atoms with van der Waals surface area (Å²) in [7, 11) is 0. The van der Waals surface area contributed by atoms with Crippen molar-refractivity contribution in [2.24, 2.45) is 5.41 Å². The van der Waals surface area contributed by atoms with Crippen LogP contribution in [-0.2, 0) is 19.1 Å². The van der Waals surface area contributed by atoms with Gasteiger partial charge in [-0.15, -0.1) is 0 Å². The molecule has 0 saturated heterocycles. The van der Waals surface area contributed by atoms with Crippen molar-refractivity contribution < 1.29 is 29.0 Å². The van der Waals surface area contributed by atoms with Crippen LogP contribution in [0.25, 0.3) is 0 Å². The fourth-order valence-electron chi connectivity index (χ4n) is 2.91. The highest BCUT2D eigenvalue weighted by atomic mass is 32.1. The monoisotopic (exact) mass is 455 g/mol. The van der Waals surface area contributed by atoms with Gasteiger partial charge in [0.15, 0.2) is 0 Å². The number of carbonyl (C=O) groups is 4. The Morgan fingerprint density at radius 1 is 1.23 bits per heavy atom. The lowest BCUT2D eigenvalue weighted by Crippen LogP contribution is -2.56. The maximum Gasteiger partial charge on any atom is 0.407 e. The van der Waals surface area contributed by atoms with Crippen LogP contribution in [0.15, 0.2) is 12.3 Å². The summed E-state index contributed by atoms with van der Waals surface area (Å²) in [6.07, 6.45) is 3.04. The second-order valence-corrected chi connectivity index (χ2v) is 10.0. The van der Waals surface area contributed by atoms with E-state index in [1.807, 2.05) is 0 Å². The molecule has 0 spiro atoms. The molecule has 1 aliphatic heterocycles. The van der Waals surface area contributed by atoms with Gasteiger partial charge < -0.3 is 25.4 Å². The van der Waals surface area contributed by atoms with Gasteiger partial charge >= 0.3 is 12.1 Å². The van der Waals surface area contributed by atoms with Crippen molar-refractivity contribution in [3.8, 4) is 0 Å². The van der Waals surface area contributed by atoms with Crippen LogP contribution >= 0.6 is 12.2 Å². The minimum Gasteiger partial charge on any atom is -0.480 e. The molecule has 174 valence electrons. The van der Waals surface area contributed by atoms with E-state index in [1.165, 1.54) is 11.1 Å². The third-order valence-corrected chi connectivity index (χ3v) is 4.68. The third kappa shape index (κ3) is 9.04. The summed E-state index contributed by atoms with van der Waals surface area (Å²) < 4.78 is 5.17. The van der Waals surface area contributed by atoms with Crippen LogP contribution < -0.4 is 10.6 Å². The fourth-order valence-corrected chi connectivity index (χ4v) is 3.09. The number of nitrogens with zero attached hydrogens (tertiary/aromatic N) is 1. The number of hydrogen-bond acceptors (Lipinski definition) is 6. The minimum atomic E-state index is -1.16. The average molecular weight is 456 g/mol. The number of alkyl carbamates (subject to hydrolysis) is 1. The lowest BCUT2D eigenvalue weighted by atomic mass is 9.86. The first-order chi connectivity index (χ1) is 14.1. The second kappa shape index (κ2) is 10.7. The molecule has 1 aliphatic rings. The summed E-state index contributed by atoms with van der Waals surface area (Å²) in [6.45, 7) is 10.6. The first kappa shape index (κ1) is 26.5. The summed E-state index contributed by atoms with van der Waals surface area (Å²) in [5, 5.41) is 14.7. The van der Waals surface area contributed by atoms with Crippen molar-refractivity contribution in [2.45, 2.75) is 78.5 Å². The van der Waals surface area contributed by atoms with Crippen LogP contribution in [0.3, 0.4) is 0 Å². The normalized spacial score (nSPS) is 16.5. The lowest BCUT2D eigenvalue weighted by Gasteiger charge is -2.33. The van der Waals surface area contributed by atoms with Crippen molar-refractivity contribution >= 4 is 41.0 Å². The van der Waals surface area contributed by atoms with E-state index in [2.05, 4.69) is 10.6 Å². The molecule has 0 aromatic heterocycles. The molecule has 10 heteroatoms. The van der Waals surface area contributed by atoms with E-state index in [0.29, 0.717) is 11.3 Å². The average Bonchev–Trinajstić information content (AvgIpc) is 2.57. The molecule has 0 aromatic rings. The summed E-state index contributed by atoms with van der Waals surface area (Å²) >= 11 is 5.05. The molecule has 9 nitrogen and oxygen atoms in total. The van der Waals surface area contributed by atoms with Crippen molar-refractivity contribution in [3.05, 3.63) is 12.3 Å². The van der Waals surface area contributed by atoms with Gasteiger partial charge in [0.2, 0.25) is 11.8 Å². The Labute approximate surface area is 188 Å². The van der Waals surface area contributed by atoms with Crippen LogP contribution in [-0.4, -0.2) is 63.0 Å². The van der Waals surface area contributed by atoms with Gasteiger partial charge in [-0.25, -0.2) is 9.59 Å². The zero-order chi connectivity index (χ0) is 24.0. The molecular weight excluding hydrogens is 422 g/mol. The fraction of sp³-hybridized carbons (Fsp3) is 0.667. The second-order valence-electron chi connectivity index (χ2n) is 9.49. The van der Waals surface area contributed by atoms with Crippen molar-refractivity contribution in [1.29, 1.82) is 0 Å². The molecule has 1 heterocycles. The number of rotatable bonds is 8. The Morgan fingerprint density at radius 2 is 1.84 bits per heavy atom. The Hall–Kier alpha value is -2.49. The molecule has 0 radical (unpaired) electrons. The molecule has 0 aromatic carbocycles. The number of aliphatic carboxylic acids is 1. The predicted molar refractivity (Wildman–Crippen MR) is 119 cm³/mol. The van der Waals surface area contributed by atoms with Gasteiger partial charge in [-0.3, -0.25) is 9.59 Å². The quantitative estimate of drug-likeness (QED) is 0.379. The number of nitrogens with one attached hydrogen (secondary N) is 2. The van der Waals surface area contributed by atoms with Crippen LogP contribution in [0, 0.1) is 5.41 Å². The van der Waals surface area contributed by atoms with E-state index < -0.39 is 41.1 Å². The Morgan fingerprint density at radius 3 is 2.32 bits per heavy atom. The first-order valence-electron chi connectivity index (χ1n) is 10.1. The number of thiocarbonyl (C=S) groups is 1. The van der Waals surface area contributed by atoms with Crippen LogP contribution in [0.4, 0.5) is 4.79 Å². The molecule has 0 bridgehead atoms. The summed E-state index contributed by atoms with van der Waals surface area (Å²) in [6, 6.07) is -2.07. The summed E-state index contributed by atoms with van der Waals surface area (Å²) in [5.74, 6) is -2.08. The van der Waals surface area contributed by atoms with Crippen LogP contribution in [0.2, 0.25) is 0 Å². The molecule has 0 saturated carbocycles. The Balaban J connectivity index is 2.89. The maximum absolute atomic E-state index is 13.0. The predicted octanol–water partition coefficient (Wildman–Crippen LogP) is 2.39. The van der Waals surface area contributed by atoms with E-state index in [4.69, 9.17) is 17.0 Å². The number of amides is 3. The van der Waals surface area contributed by atoms with Crippen molar-refractivity contribution in [2.75, 3.05) is 6.54 Å². The van der Waals surface area contributed by atoms with Gasteiger partial charge in [-0.2, -0.15) is 0 Å². The Kier molecular flexibility index (Phi) is 9.16. The zero-order valence-electron chi connectivity index (χ0n) is 19.0. The molecule has 1 rings (SSSR count). The molecule has 31 heavy (non-hydrogen) atoms. The molecular formula is C21H33N3O6S. The van der Waals surface area contributed by atoms with Gasteiger partial charge in [-0.05, 0) is 45.1 Å². The highest BCUT2D eigenvalue weighted by Gasteiger charge is 2.37. The number of allylic oxidation sites excluding steroid dienone is 1. The van der Waals surface area contributed by atoms with E-state index in [1.54, 1.807) is 47.6 Å². The van der Waals surface area contributed by atoms with Crippen molar-refractivity contribution in [3.63, 3.8) is 0 Å². The number of ether oxygens (including phenoxy) is 1. The SMILES string of the molecule is CC(C)(C)OC(=O)NCCCC(C(=O)NC(C(=O)O)C(C)(C)C)N1C=CC(=S)CC1=O. The number of hydrogen-bond donors (Lipinski definition) is 3. The largest absolute Gasteiger partial charge is 0.480 e. The third-order valence-electron chi connectivity index (χ3n) is 4.40. The lowest BCUT2D eigenvalue weighted by molar-refractivity contribution is -0.146. The van der Waals surface area contributed by atoms with Gasteiger partial charge in [0.1, 0.15) is 17.7 Å². The topological polar surface area (TPSA) is 125 Å². The molecule has 3 amide bonds. The maximum atomic E-state index is 13.0. The van der Waals surface area contributed by atoms with Gasteiger partial charge in [-0.1, -0.05) is 33.0 Å². The van der Waals surface area contributed by atoms with Gasteiger partial charge in [0.05, 0.1) is 6.42 Å². The number of carbonyl (C=O) groups excluding carboxylic acids is 3. The molecule has 2 atom stereocenters. The smallest absolute Gasteiger partial charge is 0.407 e. The van der Waals surface area contributed by atoms with E-state index >= 15 is 0 Å². The summed E-state index contributed by atoms with van der Waals surface area (Å²) in [5.41, 5.74) is -1.36. The zero-order valence-corrected chi connectivity index (χ0v) is 19.8. The molecule has 2 unspecified atom stereocenters. The first-order valence-corrected chi connectivity index (χ1v) is 10.5. The number of carboxylic acid groups (broad SMARTS) is 1. The summed E-state index contributed by atoms with van der Waals surface area (Å²) in [4.78, 5) is 50.6. The van der Waals surface area contributed by atoms with Crippen LogP contribution in [0.1, 0.15) is 60.8 Å². The molecule has 0 fully saturated rings. The standard InChI is InChI=1S/C21H33N3O6S/c1-20(2,3)16(18(27)28)23-17(26)14(24-11-9-13(31)12-15(24)25)8-7-10-22-19(29)30-21(4,5)6/h9,11,14,16H,7-8,10,12H2,1-6H3,(H,22,29)(H,23,26)(H,27,28). The number of carboxylic acids is 1. The molecule has 0 aliphatic carbocycles. The van der Waals surface area contributed by atoms with E-state index in [0.717, 1.165) is 0 Å². The highest BCUT2D eigenvalue weighted by molar-refractivity contribution is 7.80. The highest BCUT2D eigenvalue weighted by Crippen LogP contribution is 2.21. The van der Waals surface area contributed by atoms with Gasteiger partial charge in [0, 0.05) is 17.6 Å². The Bertz CT molecular complexity index is 751. The van der Waals surface area contributed by atoms with E-state index in [-0.39, 0.29) is 25.3 Å².